The monoisotopic (exact) mass is 745 g/mol. The van der Waals surface area contributed by atoms with Crippen LogP contribution in [0, 0.1) is 6.92 Å². The summed E-state index contributed by atoms with van der Waals surface area (Å²) in [4.78, 5) is 7.85. The largest absolute Gasteiger partial charge is 0.334 e. The van der Waals surface area contributed by atoms with Gasteiger partial charge in [0.15, 0.2) is 0 Å². The van der Waals surface area contributed by atoms with E-state index in [0.717, 1.165) is 0 Å². The zero-order chi connectivity index (χ0) is 39.6. The van der Waals surface area contributed by atoms with Gasteiger partial charge in [0.1, 0.15) is 0 Å². The van der Waals surface area contributed by atoms with E-state index in [0.29, 0.717) is 0 Å². The molecule has 6 aromatic carbocycles. The van der Waals surface area contributed by atoms with Crippen LogP contribution in [0.1, 0.15) is 103 Å². The van der Waals surface area contributed by atoms with E-state index in [1.54, 1.807) is 0 Å². The molecule has 0 spiro atoms. The lowest BCUT2D eigenvalue weighted by atomic mass is 9.33. The summed E-state index contributed by atoms with van der Waals surface area (Å²) < 4.78 is 0. The highest BCUT2D eigenvalue weighted by Crippen LogP contribution is 2.61. The minimum Gasteiger partial charge on any atom is -0.334 e. The number of aryl methyl sites for hydroxylation is 1. The van der Waals surface area contributed by atoms with Crippen LogP contribution in [0.15, 0.2) is 127 Å². The van der Waals surface area contributed by atoms with E-state index in [-0.39, 0.29) is 28.5 Å². The van der Waals surface area contributed by atoms with Crippen molar-refractivity contribution in [3.63, 3.8) is 0 Å². The molecule has 6 aromatic rings. The SMILES string of the molecule is Cc1cc2c3c(c1)N(c1ccc(C(C)(C)C)cc1)c1cc(N4c5ccc(C(C)(C)C)cc5C5(C)CCCCC45C)ccc1B3c1ccccc1N2c1ccccc1. The van der Waals surface area contributed by atoms with Crippen molar-refractivity contribution in [2.45, 2.75) is 110 Å². The van der Waals surface area contributed by atoms with E-state index in [1.165, 1.54) is 110 Å². The minimum atomic E-state index is -0.0402. The molecule has 0 N–H and O–H groups in total. The minimum absolute atomic E-state index is 0.0402. The topological polar surface area (TPSA) is 9.72 Å². The highest BCUT2D eigenvalue weighted by Gasteiger charge is 2.58. The van der Waals surface area contributed by atoms with Crippen LogP contribution >= 0.6 is 0 Å². The van der Waals surface area contributed by atoms with Crippen LogP contribution < -0.4 is 31.1 Å². The van der Waals surface area contributed by atoms with Crippen molar-refractivity contribution >= 4 is 68.6 Å². The molecule has 1 saturated carbocycles. The Morgan fingerprint density at radius 1 is 0.509 bits per heavy atom. The lowest BCUT2D eigenvalue weighted by Crippen LogP contribution is -2.61. The Morgan fingerprint density at radius 3 is 1.79 bits per heavy atom. The number of hydrogen-bond donors (Lipinski definition) is 0. The van der Waals surface area contributed by atoms with Crippen molar-refractivity contribution in [1.82, 2.24) is 0 Å². The summed E-state index contributed by atoms with van der Waals surface area (Å²) in [6, 6.07) is 49.2. The maximum atomic E-state index is 2.76. The zero-order valence-corrected chi connectivity index (χ0v) is 35.4. The molecule has 0 radical (unpaired) electrons. The molecular weight excluding hydrogens is 689 g/mol. The average molecular weight is 746 g/mol. The first-order chi connectivity index (χ1) is 27.2. The number of hydrogen-bond acceptors (Lipinski definition) is 3. The van der Waals surface area contributed by atoms with E-state index in [2.05, 4.69) is 204 Å². The number of para-hydroxylation sites is 2. The molecule has 1 fully saturated rings. The third-order valence-electron chi connectivity index (χ3n) is 14.3. The van der Waals surface area contributed by atoms with Gasteiger partial charge in [-0.05, 0) is 137 Å². The molecule has 286 valence electrons. The van der Waals surface area contributed by atoms with Crippen molar-refractivity contribution in [3.8, 4) is 0 Å². The summed E-state index contributed by atoms with van der Waals surface area (Å²) in [5.41, 5.74) is 19.9. The van der Waals surface area contributed by atoms with Crippen molar-refractivity contribution in [1.29, 1.82) is 0 Å². The normalized spacial score (nSPS) is 20.8. The molecule has 57 heavy (non-hydrogen) atoms. The predicted molar refractivity (Wildman–Crippen MR) is 245 cm³/mol. The molecule has 0 bridgehead atoms. The van der Waals surface area contributed by atoms with Crippen LogP contribution in [-0.4, -0.2) is 12.3 Å². The molecule has 10 rings (SSSR count). The van der Waals surface area contributed by atoms with E-state index in [1.807, 2.05) is 0 Å². The van der Waals surface area contributed by atoms with E-state index < -0.39 is 0 Å². The van der Waals surface area contributed by atoms with Gasteiger partial charge in [0.05, 0.1) is 5.54 Å². The molecule has 2 unspecified atom stereocenters. The second-order valence-electron chi connectivity index (χ2n) is 19.9. The van der Waals surface area contributed by atoms with Gasteiger partial charge in [0.2, 0.25) is 0 Å². The Kier molecular flexibility index (Phi) is 7.86. The van der Waals surface area contributed by atoms with E-state index >= 15 is 0 Å². The van der Waals surface area contributed by atoms with Gasteiger partial charge in [0, 0.05) is 50.9 Å². The molecule has 3 nitrogen and oxygen atoms in total. The Hall–Kier alpha value is -5.22. The van der Waals surface area contributed by atoms with Crippen LogP contribution in [0.25, 0.3) is 0 Å². The quantitative estimate of drug-likeness (QED) is 0.167. The molecule has 0 aromatic heterocycles. The van der Waals surface area contributed by atoms with Crippen LogP contribution in [0.2, 0.25) is 0 Å². The fourth-order valence-electron chi connectivity index (χ4n) is 11.1. The van der Waals surface area contributed by atoms with Crippen molar-refractivity contribution in [2.75, 3.05) is 14.7 Å². The van der Waals surface area contributed by atoms with E-state index in [9.17, 15) is 0 Å². The van der Waals surface area contributed by atoms with Crippen LogP contribution in [0.3, 0.4) is 0 Å². The molecule has 1 aliphatic carbocycles. The summed E-state index contributed by atoms with van der Waals surface area (Å²) in [5.74, 6) is 0. The molecule has 3 aliphatic heterocycles. The first kappa shape index (κ1) is 36.1. The summed E-state index contributed by atoms with van der Waals surface area (Å²) in [7, 11) is 0. The third-order valence-corrected chi connectivity index (χ3v) is 14.3. The second kappa shape index (κ2) is 12.4. The molecule has 0 saturated heterocycles. The molecule has 0 amide bonds. The molecule has 4 heteroatoms. The van der Waals surface area contributed by atoms with Gasteiger partial charge >= 0.3 is 0 Å². The van der Waals surface area contributed by atoms with Crippen LogP contribution in [-0.2, 0) is 16.2 Å². The smallest absolute Gasteiger partial charge is 0.252 e. The second-order valence-corrected chi connectivity index (χ2v) is 19.9. The van der Waals surface area contributed by atoms with Gasteiger partial charge in [0.25, 0.3) is 6.71 Å². The average Bonchev–Trinajstić information content (AvgIpc) is 3.39. The number of anilines is 8. The van der Waals surface area contributed by atoms with Gasteiger partial charge in [-0.3, -0.25) is 0 Å². The lowest BCUT2D eigenvalue weighted by molar-refractivity contribution is 0.195. The fraction of sp³-hybridized carbons (Fsp3) is 0.321. The first-order valence-electron chi connectivity index (χ1n) is 21.3. The van der Waals surface area contributed by atoms with Crippen molar-refractivity contribution < 1.29 is 0 Å². The first-order valence-corrected chi connectivity index (χ1v) is 21.3. The van der Waals surface area contributed by atoms with E-state index in [4.69, 9.17) is 0 Å². The van der Waals surface area contributed by atoms with Gasteiger partial charge in [-0.25, -0.2) is 0 Å². The number of nitrogens with zero attached hydrogens (tertiary/aromatic N) is 3. The summed E-state index contributed by atoms with van der Waals surface area (Å²) in [5, 5.41) is 0. The molecule has 2 atom stereocenters. The standard InChI is InChI=1S/C53H56BN3/c1-35-31-47-49-48(32-35)56(39-24-21-36(22-25-39)50(2,3)4)46-34-40(26-27-43(46)54(49)42-19-13-14-20-45(42)55(47)38-17-11-10-12-18-38)57-44-28-23-37(51(5,6)7)33-41(44)52(8)29-15-16-30-53(52,57)9/h10-14,17-28,31-34H,15-16,29-30H2,1-9H3. The molecule has 4 aliphatic rings. The Balaban J connectivity index is 1.24. The van der Waals surface area contributed by atoms with Gasteiger partial charge in [-0.2, -0.15) is 0 Å². The molecule has 3 heterocycles. The van der Waals surface area contributed by atoms with Crippen LogP contribution in [0.4, 0.5) is 45.5 Å². The number of fused-ring (bicyclic) bond motifs is 7. The summed E-state index contributed by atoms with van der Waals surface area (Å²) >= 11 is 0. The van der Waals surface area contributed by atoms with Crippen molar-refractivity contribution in [3.05, 3.63) is 150 Å². The predicted octanol–water partition coefficient (Wildman–Crippen LogP) is 12.4. The number of benzene rings is 6. The molecular formula is C53H56BN3. The zero-order valence-electron chi connectivity index (χ0n) is 35.4. The highest BCUT2D eigenvalue weighted by atomic mass is 15.3. The third kappa shape index (κ3) is 5.25. The van der Waals surface area contributed by atoms with Gasteiger partial charge in [-0.15, -0.1) is 0 Å². The van der Waals surface area contributed by atoms with Gasteiger partial charge < -0.3 is 14.7 Å². The Labute approximate surface area is 341 Å². The lowest BCUT2D eigenvalue weighted by Gasteiger charge is -2.50. The summed E-state index contributed by atoms with van der Waals surface area (Å²) in [6.45, 7) is 21.5. The maximum Gasteiger partial charge on any atom is 0.252 e. The van der Waals surface area contributed by atoms with Gasteiger partial charge in [-0.1, -0.05) is 128 Å². The maximum absolute atomic E-state index is 2.76. The highest BCUT2D eigenvalue weighted by molar-refractivity contribution is 7.00. The number of rotatable bonds is 3. The Bertz CT molecular complexity index is 2560. The summed E-state index contributed by atoms with van der Waals surface area (Å²) in [6.07, 6.45) is 4.92. The van der Waals surface area contributed by atoms with Crippen molar-refractivity contribution in [2.24, 2.45) is 0 Å². The Morgan fingerprint density at radius 2 is 1.09 bits per heavy atom. The van der Waals surface area contributed by atoms with Crippen LogP contribution in [0.5, 0.6) is 0 Å². The fourth-order valence-corrected chi connectivity index (χ4v) is 11.1.